The molecule has 118 valence electrons. The molecule has 6 heteroatoms. The minimum Gasteiger partial charge on any atom is -0.392 e. The third kappa shape index (κ3) is 4.76. The fourth-order valence-electron chi connectivity index (χ4n) is 2.96. The van der Waals surface area contributed by atoms with E-state index < -0.39 is 10.0 Å². The smallest absolute Gasteiger partial charge is 0.258 e. The standard InChI is InChI=1S/C15H24N2O3S/c1-12-3-2-4-13(9-12)7-8-17-21(19,20)15-6-5-14(11-18)10-16-15/h5-6,10,12-13,17-18H,2-4,7-9,11H2,1H3. The van der Waals surface area contributed by atoms with Gasteiger partial charge in [-0.1, -0.05) is 32.3 Å². The lowest BCUT2D eigenvalue weighted by atomic mass is 9.81. The van der Waals surface area contributed by atoms with Crippen molar-refractivity contribution >= 4 is 10.0 Å². The Hall–Kier alpha value is -0.980. The molecule has 0 saturated heterocycles. The van der Waals surface area contributed by atoms with Crippen LogP contribution >= 0.6 is 0 Å². The molecule has 1 aromatic heterocycles. The van der Waals surface area contributed by atoms with Gasteiger partial charge in [-0.3, -0.25) is 0 Å². The number of rotatable bonds is 6. The number of aliphatic hydroxyl groups excluding tert-OH is 1. The van der Waals surface area contributed by atoms with Crippen molar-refractivity contribution in [1.82, 2.24) is 9.71 Å². The Bertz CT molecular complexity index is 543. The molecular formula is C15H24N2O3S. The van der Waals surface area contributed by atoms with Crippen LogP contribution in [0.2, 0.25) is 0 Å². The fraction of sp³-hybridized carbons (Fsp3) is 0.667. The molecule has 1 heterocycles. The Morgan fingerprint density at radius 3 is 2.81 bits per heavy atom. The molecule has 2 unspecified atom stereocenters. The first-order valence-corrected chi connectivity index (χ1v) is 9.05. The molecule has 1 aliphatic rings. The Morgan fingerprint density at radius 1 is 1.38 bits per heavy atom. The Balaban J connectivity index is 1.85. The SMILES string of the molecule is CC1CCCC(CCNS(=O)(=O)c2ccc(CO)cn2)C1. The van der Waals surface area contributed by atoms with Gasteiger partial charge < -0.3 is 5.11 Å². The third-order valence-corrected chi connectivity index (χ3v) is 5.52. The first kappa shape index (κ1) is 16.4. The van der Waals surface area contributed by atoms with Gasteiger partial charge in [-0.15, -0.1) is 0 Å². The van der Waals surface area contributed by atoms with E-state index in [-0.39, 0.29) is 11.6 Å². The number of aromatic nitrogens is 1. The number of nitrogens with zero attached hydrogens (tertiary/aromatic N) is 1. The third-order valence-electron chi connectivity index (χ3n) is 4.15. The summed E-state index contributed by atoms with van der Waals surface area (Å²) in [5.74, 6) is 1.38. The van der Waals surface area contributed by atoms with E-state index in [1.54, 1.807) is 6.07 Å². The summed E-state index contributed by atoms with van der Waals surface area (Å²) in [7, 11) is -3.54. The van der Waals surface area contributed by atoms with Crippen LogP contribution in [0.3, 0.4) is 0 Å². The number of pyridine rings is 1. The van der Waals surface area contributed by atoms with E-state index in [2.05, 4.69) is 16.6 Å². The Kier molecular flexibility index (Phi) is 5.72. The largest absolute Gasteiger partial charge is 0.392 e. The summed E-state index contributed by atoms with van der Waals surface area (Å²) in [6.45, 7) is 2.59. The van der Waals surface area contributed by atoms with E-state index in [9.17, 15) is 8.42 Å². The zero-order valence-electron chi connectivity index (χ0n) is 12.5. The summed E-state index contributed by atoms with van der Waals surface area (Å²) >= 11 is 0. The predicted octanol–water partition coefficient (Wildman–Crippen LogP) is 2.07. The van der Waals surface area contributed by atoms with E-state index in [0.29, 0.717) is 18.0 Å². The molecule has 1 saturated carbocycles. The Morgan fingerprint density at radius 2 is 2.19 bits per heavy atom. The molecule has 5 nitrogen and oxygen atoms in total. The summed E-state index contributed by atoms with van der Waals surface area (Å²) in [6.07, 6.45) is 7.22. The van der Waals surface area contributed by atoms with Gasteiger partial charge in [0.1, 0.15) is 0 Å². The summed E-state index contributed by atoms with van der Waals surface area (Å²) in [6, 6.07) is 3.00. The monoisotopic (exact) mass is 312 g/mol. The fourth-order valence-corrected chi connectivity index (χ4v) is 3.93. The number of aliphatic hydroxyl groups is 1. The van der Waals surface area contributed by atoms with Gasteiger partial charge in [0.2, 0.25) is 0 Å². The highest BCUT2D eigenvalue weighted by Gasteiger charge is 2.20. The zero-order chi connectivity index (χ0) is 15.3. The van der Waals surface area contributed by atoms with Crippen LogP contribution in [0.4, 0.5) is 0 Å². The first-order valence-electron chi connectivity index (χ1n) is 7.56. The second-order valence-electron chi connectivity index (χ2n) is 5.99. The van der Waals surface area contributed by atoms with Gasteiger partial charge >= 0.3 is 0 Å². The molecule has 2 atom stereocenters. The van der Waals surface area contributed by atoms with E-state index in [1.165, 1.54) is 37.9 Å². The number of hydrogen-bond donors (Lipinski definition) is 2. The van der Waals surface area contributed by atoms with Crippen molar-refractivity contribution in [1.29, 1.82) is 0 Å². The molecule has 0 aromatic carbocycles. The van der Waals surface area contributed by atoms with Gasteiger partial charge in [0.05, 0.1) is 6.61 Å². The van der Waals surface area contributed by atoms with Crippen molar-refractivity contribution in [3.8, 4) is 0 Å². The van der Waals surface area contributed by atoms with Crippen molar-refractivity contribution in [3.63, 3.8) is 0 Å². The average Bonchev–Trinajstić information content (AvgIpc) is 2.47. The summed E-state index contributed by atoms with van der Waals surface area (Å²) in [5.41, 5.74) is 0.602. The van der Waals surface area contributed by atoms with Crippen molar-refractivity contribution in [3.05, 3.63) is 23.9 Å². The maximum Gasteiger partial charge on any atom is 0.258 e. The topological polar surface area (TPSA) is 79.3 Å². The second kappa shape index (κ2) is 7.33. The predicted molar refractivity (Wildman–Crippen MR) is 81.1 cm³/mol. The number of hydrogen-bond acceptors (Lipinski definition) is 4. The highest BCUT2D eigenvalue weighted by molar-refractivity contribution is 7.89. The molecule has 1 aromatic rings. The minimum atomic E-state index is -3.54. The summed E-state index contributed by atoms with van der Waals surface area (Å²) < 4.78 is 26.8. The highest BCUT2D eigenvalue weighted by atomic mass is 32.2. The lowest BCUT2D eigenvalue weighted by Crippen LogP contribution is -2.28. The van der Waals surface area contributed by atoms with Crippen LogP contribution in [0.25, 0.3) is 0 Å². The lowest BCUT2D eigenvalue weighted by molar-refractivity contribution is 0.271. The minimum absolute atomic E-state index is 0.0108. The highest BCUT2D eigenvalue weighted by Crippen LogP contribution is 2.30. The first-order chi connectivity index (χ1) is 10.0. The maximum absolute atomic E-state index is 12.1. The van der Waals surface area contributed by atoms with Crippen molar-refractivity contribution in [2.75, 3.05) is 6.54 Å². The molecular weight excluding hydrogens is 288 g/mol. The molecule has 1 aliphatic carbocycles. The van der Waals surface area contributed by atoms with Gasteiger partial charge in [-0.05, 0) is 36.3 Å². The normalized spacial score (nSPS) is 23.1. The van der Waals surface area contributed by atoms with Crippen LogP contribution in [0.15, 0.2) is 23.4 Å². The van der Waals surface area contributed by atoms with Crippen LogP contribution in [0.5, 0.6) is 0 Å². The molecule has 0 aliphatic heterocycles. The molecule has 0 bridgehead atoms. The van der Waals surface area contributed by atoms with Crippen molar-refractivity contribution in [2.24, 2.45) is 11.8 Å². The van der Waals surface area contributed by atoms with Gasteiger partial charge in [0.25, 0.3) is 10.0 Å². The quantitative estimate of drug-likeness (QED) is 0.843. The van der Waals surface area contributed by atoms with Crippen LogP contribution in [-0.4, -0.2) is 25.1 Å². The molecule has 0 amide bonds. The molecule has 1 fully saturated rings. The number of sulfonamides is 1. The second-order valence-corrected chi connectivity index (χ2v) is 7.70. The molecule has 0 radical (unpaired) electrons. The van der Waals surface area contributed by atoms with Crippen LogP contribution in [0, 0.1) is 11.8 Å². The van der Waals surface area contributed by atoms with Gasteiger partial charge in [0, 0.05) is 12.7 Å². The van der Waals surface area contributed by atoms with Crippen LogP contribution in [-0.2, 0) is 16.6 Å². The zero-order valence-corrected chi connectivity index (χ0v) is 13.3. The van der Waals surface area contributed by atoms with E-state index in [4.69, 9.17) is 5.11 Å². The average molecular weight is 312 g/mol. The van der Waals surface area contributed by atoms with Gasteiger partial charge in [-0.2, -0.15) is 0 Å². The van der Waals surface area contributed by atoms with E-state index in [1.807, 2.05) is 0 Å². The van der Waals surface area contributed by atoms with Gasteiger partial charge in [0.15, 0.2) is 5.03 Å². The summed E-state index contributed by atoms with van der Waals surface area (Å²) in [5, 5.41) is 8.94. The van der Waals surface area contributed by atoms with Gasteiger partial charge in [-0.25, -0.2) is 18.1 Å². The Labute approximate surface area is 126 Å². The number of nitrogens with one attached hydrogen (secondary N) is 1. The molecule has 2 rings (SSSR count). The van der Waals surface area contributed by atoms with E-state index >= 15 is 0 Å². The maximum atomic E-state index is 12.1. The lowest BCUT2D eigenvalue weighted by Gasteiger charge is -2.26. The van der Waals surface area contributed by atoms with Crippen molar-refractivity contribution < 1.29 is 13.5 Å². The molecule has 2 N–H and O–H groups in total. The van der Waals surface area contributed by atoms with Crippen molar-refractivity contribution in [2.45, 2.75) is 50.7 Å². The molecule has 0 spiro atoms. The van der Waals surface area contributed by atoms with Crippen LogP contribution < -0.4 is 4.72 Å². The van der Waals surface area contributed by atoms with Crippen LogP contribution in [0.1, 0.15) is 44.6 Å². The summed E-state index contributed by atoms with van der Waals surface area (Å²) in [4.78, 5) is 3.89. The van der Waals surface area contributed by atoms with E-state index in [0.717, 1.165) is 12.3 Å². The molecule has 21 heavy (non-hydrogen) atoms.